The monoisotopic (exact) mass is 630 g/mol. The minimum Gasteiger partial charge on any atom is -0.508 e. The Labute approximate surface area is 283 Å². The number of nitrogens with zero attached hydrogens (tertiary/aromatic N) is 3. The van der Waals surface area contributed by atoms with Crippen LogP contribution < -0.4 is 0 Å². The van der Waals surface area contributed by atoms with E-state index in [0.29, 0.717) is 0 Å². The SMILES string of the molecule is Oc1ccc(-c2c3nc(cc4ccc(cc5nc(cc6c(-c7ccccc7)c(-c7ccccc7)c2n6-c2ccccc2)C=C5)[nH]4)C=C3)cc1. The summed E-state index contributed by atoms with van der Waals surface area (Å²) in [5.41, 5.74) is 14.6. The first kappa shape index (κ1) is 28.5. The second-order valence-corrected chi connectivity index (χ2v) is 12.2. The molecule has 5 heteroatoms. The number of phenols is 1. The molecule has 0 fully saturated rings. The number of benzene rings is 4. The molecule has 49 heavy (non-hydrogen) atoms. The molecule has 8 bridgehead atoms. The van der Waals surface area contributed by atoms with Crippen LogP contribution in [0, 0.1) is 0 Å². The van der Waals surface area contributed by atoms with E-state index in [2.05, 4.69) is 149 Å². The minimum absolute atomic E-state index is 0.209. The van der Waals surface area contributed by atoms with E-state index in [1.807, 2.05) is 18.2 Å². The van der Waals surface area contributed by atoms with Gasteiger partial charge in [0.05, 0.1) is 33.8 Å². The molecule has 0 saturated heterocycles. The van der Waals surface area contributed by atoms with Crippen LogP contribution in [0.2, 0.25) is 0 Å². The lowest BCUT2D eigenvalue weighted by Crippen LogP contribution is -1.97. The molecule has 0 aliphatic carbocycles. The van der Waals surface area contributed by atoms with Crippen LogP contribution in [0.3, 0.4) is 0 Å². The molecule has 4 aromatic carbocycles. The van der Waals surface area contributed by atoms with Gasteiger partial charge in [0.1, 0.15) is 5.75 Å². The van der Waals surface area contributed by atoms with Crippen LogP contribution in [-0.2, 0) is 0 Å². The number of H-pyrrole nitrogens is 1. The van der Waals surface area contributed by atoms with E-state index in [9.17, 15) is 5.11 Å². The third-order valence-corrected chi connectivity index (χ3v) is 8.96. The molecule has 5 nitrogen and oxygen atoms in total. The average Bonchev–Trinajstić information content (AvgIpc) is 3.95. The van der Waals surface area contributed by atoms with E-state index < -0.39 is 0 Å². The molecule has 0 saturated carbocycles. The standard InChI is InChI=1S/C44H30N4O/c49-38-23-16-31(17-24-38)41-39-25-22-35(47-39)27-34-19-18-32(45-34)26-33-20-21-36(46-33)28-40-42(29-10-4-1-5-11-29)43(30-12-6-2-7-13-30)44(41)48(40)37-14-8-3-9-15-37/h1-28,45,49H. The maximum absolute atomic E-state index is 10.4. The van der Waals surface area contributed by atoms with Crippen molar-refractivity contribution in [1.82, 2.24) is 19.5 Å². The van der Waals surface area contributed by atoms with Gasteiger partial charge in [-0.25, -0.2) is 9.97 Å². The first-order valence-corrected chi connectivity index (χ1v) is 16.3. The highest BCUT2D eigenvalue weighted by Crippen LogP contribution is 2.47. The van der Waals surface area contributed by atoms with E-state index in [1.54, 1.807) is 12.1 Å². The van der Waals surface area contributed by atoms with Crippen molar-refractivity contribution in [3.63, 3.8) is 0 Å². The van der Waals surface area contributed by atoms with Crippen molar-refractivity contribution in [2.45, 2.75) is 0 Å². The van der Waals surface area contributed by atoms with Crippen molar-refractivity contribution < 1.29 is 5.11 Å². The fraction of sp³-hybridized carbons (Fsp3) is 0. The zero-order valence-corrected chi connectivity index (χ0v) is 26.5. The molecule has 0 unspecified atom stereocenters. The molecule has 0 amide bonds. The molecule has 0 atom stereocenters. The zero-order chi connectivity index (χ0) is 32.7. The summed E-state index contributed by atoms with van der Waals surface area (Å²) in [4.78, 5) is 13.8. The molecule has 3 aromatic heterocycles. The van der Waals surface area contributed by atoms with Crippen LogP contribution in [0.25, 0.3) is 85.4 Å². The molecule has 2 N–H and O–H groups in total. The van der Waals surface area contributed by atoms with Crippen LogP contribution in [0.4, 0.5) is 0 Å². The molecule has 7 aromatic rings. The Morgan fingerprint density at radius 2 is 1.00 bits per heavy atom. The van der Waals surface area contributed by atoms with Gasteiger partial charge >= 0.3 is 0 Å². The Kier molecular flexibility index (Phi) is 6.87. The number of phenolic OH excluding ortho intramolecular Hbond substituents is 1. The Hall–Kier alpha value is -6.72. The summed E-state index contributed by atoms with van der Waals surface area (Å²) in [6.45, 7) is 0. The first-order valence-electron chi connectivity index (χ1n) is 16.3. The second kappa shape index (κ2) is 11.8. The molecule has 0 spiro atoms. The van der Waals surface area contributed by atoms with Crippen molar-refractivity contribution in [3.8, 4) is 44.8 Å². The van der Waals surface area contributed by atoms with Gasteiger partial charge in [0.25, 0.3) is 0 Å². The van der Waals surface area contributed by atoms with E-state index in [0.717, 1.165) is 83.9 Å². The quantitative estimate of drug-likeness (QED) is 0.203. The molecule has 5 heterocycles. The van der Waals surface area contributed by atoms with Gasteiger partial charge in [-0.2, -0.15) is 0 Å². The maximum Gasteiger partial charge on any atom is 0.115 e. The van der Waals surface area contributed by atoms with Gasteiger partial charge < -0.3 is 14.7 Å². The van der Waals surface area contributed by atoms with Crippen LogP contribution in [0.15, 0.2) is 146 Å². The second-order valence-electron chi connectivity index (χ2n) is 12.2. The molecule has 0 radical (unpaired) electrons. The molecule has 232 valence electrons. The summed E-state index contributed by atoms with van der Waals surface area (Å²) in [5, 5.41) is 10.4. The summed E-state index contributed by atoms with van der Waals surface area (Å²) in [6, 6.07) is 49.5. The summed E-state index contributed by atoms with van der Waals surface area (Å²) >= 11 is 0. The third-order valence-electron chi connectivity index (χ3n) is 8.96. The number of aromatic amines is 1. The lowest BCUT2D eigenvalue weighted by Gasteiger charge is -2.13. The van der Waals surface area contributed by atoms with Crippen LogP contribution in [0.1, 0.15) is 22.8 Å². The molecule has 2 aliphatic heterocycles. The predicted octanol–water partition coefficient (Wildman–Crippen LogP) is 10.8. The predicted molar refractivity (Wildman–Crippen MR) is 202 cm³/mol. The largest absolute Gasteiger partial charge is 0.508 e. The molecule has 2 aliphatic rings. The van der Waals surface area contributed by atoms with E-state index in [1.165, 1.54) is 0 Å². The number of aromatic hydroxyl groups is 1. The van der Waals surface area contributed by atoms with Gasteiger partial charge in [0.15, 0.2) is 0 Å². The van der Waals surface area contributed by atoms with Gasteiger partial charge in [0, 0.05) is 33.4 Å². The Balaban J connectivity index is 1.61. The summed E-state index contributed by atoms with van der Waals surface area (Å²) < 4.78 is 2.35. The van der Waals surface area contributed by atoms with Crippen molar-refractivity contribution in [2.24, 2.45) is 0 Å². The number of nitrogens with one attached hydrogen (secondary N) is 1. The summed E-state index contributed by atoms with van der Waals surface area (Å²) in [6.07, 6.45) is 8.29. The minimum atomic E-state index is 0.209. The number of para-hydroxylation sites is 1. The first-order chi connectivity index (χ1) is 24.2. The highest BCUT2D eigenvalue weighted by molar-refractivity contribution is 6.10. The number of fused-ring (bicyclic) bond motifs is 8. The lowest BCUT2D eigenvalue weighted by atomic mass is 9.93. The summed E-state index contributed by atoms with van der Waals surface area (Å²) in [5.74, 6) is 0.209. The Morgan fingerprint density at radius 3 is 1.65 bits per heavy atom. The van der Waals surface area contributed by atoms with E-state index in [-0.39, 0.29) is 5.75 Å². The van der Waals surface area contributed by atoms with Gasteiger partial charge in [-0.05, 0) is 95.6 Å². The van der Waals surface area contributed by atoms with Gasteiger partial charge in [-0.1, -0.05) is 91.0 Å². The number of hydrogen-bond donors (Lipinski definition) is 2. The van der Waals surface area contributed by atoms with Crippen molar-refractivity contribution in [1.29, 1.82) is 0 Å². The summed E-state index contributed by atoms with van der Waals surface area (Å²) in [7, 11) is 0. The van der Waals surface area contributed by atoms with Crippen LogP contribution >= 0.6 is 0 Å². The normalized spacial score (nSPS) is 12.0. The highest BCUT2D eigenvalue weighted by atomic mass is 16.3. The van der Waals surface area contributed by atoms with Crippen molar-refractivity contribution >= 4 is 46.4 Å². The lowest BCUT2D eigenvalue weighted by molar-refractivity contribution is 0.475. The third kappa shape index (κ3) is 5.24. The number of rotatable bonds is 4. The van der Waals surface area contributed by atoms with Gasteiger partial charge in [-0.15, -0.1) is 0 Å². The average molecular weight is 631 g/mol. The van der Waals surface area contributed by atoms with E-state index >= 15 is 0 Å². The topological polar surface area (TPSA) is 66.7 Å². The van der Waals surface area contributed by atoms with Gasteiger partial charge in [-0.3, -0.25) is 0 Å². The van der Waals surface area contributed by atoms with Crippen LogP contribution in [0.5, 0.6) is 5.75 Å². The molecule has 9 rings (SSSR count). The van der Waals surface area contributed by atoms with Gasteiger partial charge in [0.2, 0.25) is 0 Å². The smallest absolute Gasteiger partial charge is 0.115 e. The fourth-order valence-corrected chi connectivity index (χ4v) is 6.84. The fourth-order valence-electron chi connectivity index (χ4n) is 6.84. The molecular weight excluding hydrogens is 601 g/mol. The Morgan fingerprint density at radius 1 is 0.469 bits per heavy atom. The molecular formula is C44H30N4O. The number of aromatic nitrogens is 4. The van der Waals surface area contributed by atoms with Crippen LogP contribution in [-0.4, -0.2) is 24.6 Å². The van der Waals surface area contributed by atoms with E-state index in [4.69, 9.17) is 9.97 Å². The van der Waals surface area contributed by atoms with Crippen molar-refractivity contribution in [3.05, 3.63) is 168 Å². The Bertz CT molecular complexity index is 2580. The van der Waals surface area contributed by atoms with Crippen molar-refractivity contribution in [2.75, 3.05) is 0 Å². The maximum atomic E-state index is 10.4. The number of hydrogen-bond acceptors (Lipinski definition) is 3. The zero-order valence-electron chi connectivity index (χ0n) is 26.5. The highest BCUT2D eigenvalue weighted by Gasteiger charge is 2.25.